The number of nitrogens with zero attached hydrogens (tertiary/aromatic N) is 6. The van der Waals surface area contributed by atoms with Crippen LogP contribution in [0.25, 0.3) is 10.4 Å². The highest BCUT2D eigenvalue weighted by Crippen LogP contribution is 2.30. The lowest BCUT2D eigenvalue weighted by molar-refractivity contribution is -0.143. The van der Waals surface area contributed by atoms with Gasteiger partial charge in [-0.1, -0.05) is 11.2 Å². The molecule has 1 atom stereocenters. The molecule has 0 spiro atoms. The first-order valence-electron chi connectivity index (χ1n) is 11.7. The van der Waals surface area contributed by atoms with E-state index in [1.165, 1.54) is 4.90 Å². The quantitative estimate of drug-likeness (QED) is 0.359. The second-order valence-electron chi connectivity index (χ2n) is 10.2. The van der Waals surface area contributed by atoms with Gasteiger partial charge < -0.3 is 24.2 Å². The molecule has 1 aromatic rings. The summed E-state index contributed by atoms with van der Waals surface area (Å²) in [5, 5.41) is 3.83. The van der Waals surface area contributed by atoms with E-state index >= 15 is 0 Å². The third kappa shape index (κ3) is 6.57. The van der Waals surface area contributed by atoms with E-state index in [4.69, 9.17) is 15.0 Å². The maximum atomic E-state index is 13.4. The molecule has 2 aliphatic heterocycles. The fraction of sp³-hybridized carbons (Fsp3) is 0.625. The van der Waals surface area contributed by atoms with Gasteiger partial charge in [0, 0.05) is 44.2 Å². The van der Waals surface area contributed by atoms with Crippen LogP contribution in [0.15, 0.2) is 23.3 Å². The van der Waals surface area contributed by atoms with Gasteiger partial charge in [-0.2, -0.15) is 0 Å². The Labute approximate surface area is 205 Å². The average molecular weight is 487 g/mol. The number of azide groups is 1. The van der Waals surface area contributed by atoms with Crippen molar-refractivity contribution in [2.75, 3.05) is 45.9 Å². The third-order valence-corrected chi connectivity index (χ3v) is 6.01. The molecule has 11 nitrogen and oxygen atoms in total. The lowest BCUT2D eigenvalue weighted by atomic mass is 9.97. The molecule has 2 saturated heterocycles. The van der Waals surface area contributed by atoms with Crippen molar-refractivity contribution < 1.29 is 23.9 Å². The summed E-state index contributed by atoms with van der Waals surface area (Å²) < 4.78 is 11.1. The Morgan fingerprint density at radius 1 is 1.00 bits per heavy atom. The normalized spacial score (nSPS) is 20.3. The Balaban J connectivity index is 1.56. The van der Waals surface area contributed by atoms with Crippen molar-refractivity contribution in [3.05, 3.63) is 39.8 Å². The number of amides is 3. The number of aryl methyl sites for hydroxylation is 2. The van der Waals surface area contributed by atoms with Gasteiger partial charge in [-0.3, -0.25) is 9.59 Å². The number of rotatable bonds is 5. The number of hydrogen-bond acceptors (Lipinski definition) is 6. The van der Waals surface area contributed by atoms with Crippen molar-refractivity contribution in [1.29, 1.82) is 0 Å². The minimum absolute atomic E-state index is 0.0340. The third-order valence-electron chi connectivity index (χ3n) is 6.01. The standard InChI is InChI=1S/C24H34N6O5/c1-17-12-18(2)14-19(13-17)34-15-20(31)28-8-10-29(11-9-28)21(32)24(26-27-25)6-7-30(16-24)22(33)35-23(3,4)5/h12-14H,6-11,15-16H2,1-5H3. The van der Waals surface area contributed by atoms with Crippen LogP contribution in [-0.4, -0.2) is 89.6 Å². The summed E-state index contributed by atoms with van der Waals surface area (Å²) in [6.45, 7) is 10.7. The van der Waals surface area contributed by atoms with Crippen molar-refractivity contribution >= 4 is 17.9 Å². The minimum atomic E-state index is -1.37. The fourth-order valence-corrected chi connectivity index (χ4v) is 4.37. The van der Waals surface area contributed by atoms with Crippen LogP contribution >= 0.6 is 0 Å². The maximum Gasteiger partial charge on any atom is 0.410 e. The summed E-state index contributed by atoms with van der Waals surface area (Å²) in [5.74, 6) is 0.162. The van der Waals surface area contributed by atoms with Crippen molar-refractivity contribution in [2.24, 2.45) is 5.11 Å². The summed E-state index contributed by atoms with van der Waals surface area (Å²) in [7, 11) is 0. The molecule has 2 aliphatic rings. The van der Waals surface area contributed by atoms with E-state index in [9.17, 15) is 14.4 Å². The monoisotopic (exact) mass is 486 g/mol. The highest BCUT2D eigenvalue weighted by atomic mass is 16.6. The largest absolute Gasteiger partial charge is 0.484 e. The molecular formula is C24H34N6O5. The Morgan fingerprint density at radius 3 is 2.17 bits per heavy atom. The SMILES string of the molecule is Cc1cc(C)cc(OCC(=O)N2CCN(C(=O)C3(N=[N+]=[N-])CCN(C(=O)OC(C)(C)C)C3)CC2)c1. The molecule has 11 heteroatoms. The maximum absolute atomic E-state index is 13.4. The van der Waals surface area contributed by atoms with Gasteiger partial charge in [-0.25, -0.2) is 4.79 Å². The topological polar surface area (TPSA) is 128 Å². The molecule has 1 unspecified atom stereocenters. The van der Waals surface area contributed by atoms with Crippen molar-refractivity contribution in [3.8, 4) is 5.75 Å². The smallest absolute Gasteiger partial charge is 0.410 e. The van der Waals surface area contributed by atoms with Gasteiger partial charge in [-0.15, -0.1) is 0 Å². The molecule has 0 aromatic heterocycles. The van der Waals surface area contributed by atoms with Crippen LogP contribution in [0, 0.1) is 13.8 Å². The van der Waals surface area contributed by atoms with Crippen LogP contribution in [0.3, 0.4) is 0 Å². The Kier molecular flexibility index (Phi) is 7.80. The molecule has 0 bridgehead atoms. The zero-order chi connectivity index (χ0) is 25.8. The number of carbonyl (C=O) groups excluding carboxylic acids is 3. The van der Waals surface area contributed by atoms with E-state index in [1.54, 1.807) is 30.6 Å². The van der Waals surface area contributed by atoms with Crippen molar-refractivity contribution in [2.45, 2.75) is 52.2 Å². The molecule has 3 rings (SSSR count). The van der Waals surface area contributed by atoms with Gasteiger partial charge in [0.15, 0.2) is 6.61 Å². The average Bonchev–Trinajstić information content (AvgIpc) is 3.21. The van der Waals surface area contributed by atoms with E-state index in [0.29, 0.717) is 31.9 Å². The van der Waals surface area contributed by atoms with Gasteiger partial charge in [0.25, 0.3) is 5.91 Å². The lowest BCUT2D eigenvalue weighted by Gasteiger charge is -2.38. The van der Waals surface area contributed by atoms with Gasteiger partial charge >= 0.3 is 6.09 Å². The predicted molar refractivity (Wildman–Crippen MR) is 129 cm³/mol. The Hall–Kier alpha value is -3.46. The number of likely N-dealkylation sites (tertiary alicyclic amines) is 1. The Bertz CT molecular complexity index is 1000. The minimum Gasteiger partial charge on any atom is -0.484 e. The van der Waals surface area contributed by atoms with Crippen LogP contribution in [0.4, 0.5) is 4.79 Å². The van der Waals surface area contributed by atoms with Crippen LogP contribution in [0.2, 0.25) is 0 Å². The van der Waals surface area contributed by atoms with Crippen LogP contribution in [0.5, 0.6) is 5.75 Å². The van der Waals surface area contributed by atoms with Crippen molar-refractivity contribution in [3.63, 3.8) is 0 Å². The molecule has 0 radical (unpaired) electrons. The molecule has 0 N–H and O–H groups in total. The van der Waals surface area contributed by atoms with Gasteiger partial charge in [-0.05, 0) is 69.8 Å². The molecule has 2 fully saturated rings. The second-order valence-corrected chi connectivity index (χ2v) is 10.2. The zero-order valence-electron chi connectivity index (χ0n) is 21.1. The van der Waals surface area contributed by atoms with E-state index in [-0.39, 0.29) is 37.9 Å². The molecule has 3 amide bonds. The number of carbonyl (C=O) groups is 3. The number of piperazine rings is 1. The van der Waals surface area contributed by atoms with Gasteiger partial charge in [0.2, 0.25) is 5.91 Å². The second kappa shape index (κ2) is 10.4. The van der Waals surface area contributed by atoms with Gasteiger partial charge in [0.1, 0.15) is 16.9 Å². The first kappa shape index (κ1) is 26.2. The molecule has 0 aliphatic carbocycles. The summed E-state index contributed by atoms with van der Waals surface area (Å²) in [5.41, 5.74) is 9.22. The summed E-state index contributed by atoms with van der Waals surface area (Å²) >= 11 is 0. The molecule has 190 valence electrons. The highest BCUT2D eigenvalue weighted by molar-refractivity contribution is 5.89. The summed E-state index contributed by atoms with van der Waals surface area (Å²) in [4.78, 5) is 46.0. The first-order chi connectivity index (χ1) is 16.4. The van der Waals surface area contributed by atoms with E-state index < -0.39 is 17.2 Å². The molecule has 0 saturated carbocycles. The highest BCUT2D eigenvalue weighted by Gasteiger charge is 2.48. The number of hydrogen-bond donors (Lipinski definition) is 0. The Morgan fingerprint density at radius 2 is 1.60 bits per heavy atom. The van der Waals surface area contributed by atoms with Gasteiger partial charge in [0.05, 0.1) is 0 Å². The predicted octanol–water partition coefficient (Wildman–Crippen LogP) is 3.04. The number of benzene rings is 1. The molecule has 35 heavy (non-hydrogen) atoms. The van der Waals surface area contributed by atoms with Crippen LogP contribution < -0.4 is 4.74 Å². The molecular weight excluding hydrogens is 452 g/mol. The summed E-state index contributed by atoms with van der Waals surface area (Å²) in [6.07, 6.45) is -0.322. The zero-order valence-corrected chi connectivity index (χ0v) is 21.1. The molecule has 1 aromatic carbocycles. The number of ether oxygens (including phenoxy) is 2. The van der Waals surface area contributed by atoms with Crippen LogP contribution in [0.1, 0.15) is 38.3 Å². The van der Waals surface area contributed by atoms with Crippen LogP contribution in [-0.2, 0) is 14.3 Å². The first-order valence-corrected chi connectivity index (χ1v) is 11.7. The molecule has 2 heterocycles. The fourth-order valence-electron chi connectivity index (χ4n) is 4.37. The summed E-state index contributed by atoms with van der Waals surface area (Å²) in [6, 6.07) is 5.80. The van der Waals surface area contributed by atoms with E-state index in [0.717, 1.165) is 11.1 Å². The van der Waals surface area contributed by atoms with E-state index in [1.807, 2.05) is 32.0 Å². The lowest BCUT2D eigenvalue weighted by Crippen LogP contribution is -2.57. The van der Waals surface area contributed by atoms with Crippen molar-refractivity contribution in [1.82, 2.24) is 14.7 Å². The van der Waals surface area contributed by atoms with E-state index in [2.05, 4.69) is 10.0 Å².